The molecular formula is C29H59NO4P+. The molecule has 6 heteroatoms. The lowest BCUT2D eigenvalue weighted by atomic mass is 10.0. The minimum atomic E-state index is -4.55. The average molecular weight is 517 g/mol. The van der Waals surface area contributed by atoms with E-state index in [1.165, 1.54) is 83.5 Å². The number of quaternary nitrogens is 1. The summed E-state index contributed by atoms with van der Waals surface area (Å²) in [5.74, 6) is 0. The van der Waals surface area contributed by atoms with Gasteiger partial charge in [-0.2, -0.15) is 0 Å². The van der Waals surface area contributed by atoms with Crippen molar-refractivity contribution in [3.05, 3.63) is 24.3 Å². The number of nitrogens with zero attached hydrogens (tertiary/aromatic N) is 1. The first-order chi connectivity index (χ1) is 16.5. The van der Waals surface area contributed by atoms with Crippen molar-refractivity contribution < 1.29 is 23.9 Å². The fourth-order valence-electron chi connectivity index (χ4n) is 4.49. The summed E-state index contributed by atoms with van der Waals surface area (Å²) in [4.78, 5) is 19.2. The molecule has 0 aromatic rings. The Morgan fingerprint density at radius 3 is 1.31 bits per heavy atom. The monoisotopic (exact) mass is 516 g/mol. The minimum Gasteiger partial charge on any atom is -0.373 e. The van der Waals surface area contributed by atoms with Crippen molar-refractivity contribution in [3.8, 4) is 0 Å². The van der Waals surface area contributed by atoms with Gasteiger partial charge in [0.25, 0.3) is 0 Å². The van der Waals surface area contributed by atoms with E-state index in [0.717, 1.165) is 25.7 Å². The predicted octanol–water partition coefficient (Wildman–Crippen LogP) is 8.10. The van der Waals surface area contributed by atoms with Crippen molar-refractivity contribution in [2.45, 2.75) is 134 Å². The lowest BCUT2D eigenvalue weighted by Gasteiger charge is -2.35. The molecule has 3 N–H and O–H groups in total. The molecule has 0 bridgehead atoms. The van der Waals surface area contributed by atoms with Gasteiger partial charge in [-0.05, 0) is 64.2 Å². The summed E-state index contributed by atoms with van der Waals surface area (Å²) in [7, 11) is 0.965. The highest BCUT2D eigenvalue weighted by molar-refractivity contribution is 7.53. The number of hydrogen-bond acceptors (Lipinski definition) is 2. The highest BCUT2D eigenvalue weighted by atomic mass is 31.2. The van der Waals surface area contributed by atoms with Crippen LogP contribution in [0, 0.1) is 0 Å². The summed E-state index contributed by atoms with van der Waals surface area (Å²) >= 11 is 0. The van der Waals surface area contributed by atoms with Crippen LogP contribution in [0.1, 0.15) is 129 Å². The highest BCUT2D eigenvalue weighted by Gasteiger charge is 2.48. The zero-order valence-corrected chi connectivity index (χ0v) is 24.5. The summed E-state index contributed by atoms with van der Waals surface area (Å²) in [6.45, 7) is 2.32. The van der Waals surface area contributed by atoms with Crippen LogP contribution in [-0.2, 0) is 4.57 Å². The van der Waals surface area contributed by atoms with Crippen molar-refractivity contribution in [2.24, 2.45) is 0 Å². The molecule has 0 aromatic carbocycles. The Morgan fingerprint density at radius 2 is 0.971 bits per heavy atom. The SMILES string of the molecule is CCCCCC/C=C\CCCCCC/C=C\CCCCCCCCC(O)(C[N+](C)(C)C)P(=O)(O)O. The number of hydrogen-bond donors (Lipinski definition) is 3. The summed E-state index contributed by atoms with van der Waals surface area (Å²) in [5.41, 5.74) is 0. The Bertz CT molecular complexity index is 594. The Balaban J connectivity index is 3.58. The quantitative estimate of drug-likeness (QED) is 0.0524. The van der Waals surface area contributed by atoms with E-state index >= 15 is 0 Å². The van der Waals surface area contributed by atoms with Gasteiger partial charge in [0.05, 0.1) is 21.1 Å². The average Bonchev–Trinajstić information content (AvgIpc) is 2.75. The molecule has 0 aliphatic rings. The maximum Gasteiger partial charge on any atom is 0.362 e. The second kappa shape index (κ2) is 20.6. The van der Waals surface area contributed by atoms with Crippen LogP contribution in [0.2, 0.25) is 0 Å². The molecule has 35 heavy (non-hydrogen) atoms. The lowest BCUT2D eigenvalue weighted by Crippen LogP contribution is -2.49. The molecule has 0 rings (SSSR count). The molecule has 0 radical (unpaired) electrons. The van der Waals surface area contributed by atoms with Crippen LogP contribution in [-0.4, -0.2) is 52.4 Å². The van der Waals surface area contributed by atoms with Gasteiger partial charge in [-0.15, -0.1) is 0 Å². The Labute approximate surface area is 217 Å². The molecule has 1 atom stereocenters. The van der Waals surface area contributed by atoms with Crippen LogP contribution in [0.4, 0.5) is 0 Å². The molecule has 0 amide bonds. The van der Waals surface area contributed by atoms with Gasteiger partial charge in [0, 0.05) is 0 Å². The number of unbranched alkanes of at least 4 members (excludes halogenated alkanes) is 15. The largest absolute Gasteiger partial charge is 0.373 e. The topological polar surface area (TPSA) is 77.8 Å². The van der Waals surface area contributed by atoms with E-state index in [1.54, 1.807) is 0 Å². The van der Waals surface area contributed by atoms with Crippen LogP contribution in [0.3, 0.4) is 0 Å². The highest BCUT2D eigenvalue weighted by Crippen LogP contribution is 2.52. The maximum atomic E-state index is 11.8. The van der Waals surface area contributed by atoms with E-state index < -0.39 is 12.9 Å². The first-order valence-corrected chi connectivity index (χ1v) is 16.0. The van der Waals surface area contributed by atoms with E-state index in [1.807, 2.05) is 21.1 Å². The van der Waals surface area contributed by atoms with Gasteiger partial charge in [-0.3, -0.25) is 4.57 Å². The molecule has 0 aromatic heterocycles. The summed E-state index contributed by atoms with van der Waals surface area (Å²) in [5, 5.41) is 8.64. The van der Waals surface area contributed by atoms with E-state index in [9.17, 15) is 19.5 Å². The van der Waals surface area contributed by atoms with E-state index in [2.05, 4.69) is 31.2 Å². The van der Waals surface area contributed by atoms with Crippen LogP contribution in [0.15, 0.2) is 24.3 Å². The third kappa shape index (κ3) is 21.4. The Hall–Kier alpha value is -0.450. The fraction of sp³-hybridized carbons (Fsp3) is 0.862. The van der Waals surface area contributed by atoms with Gasteiger partial charge >= 0.3 is 7.60 Å². The van der Waals surface area contributed by atoms with Crippen LogP contribution in [0.5, 0.6) is 0 Å². The number of aliphatic hydroxyl groups is 1. The first kappa shape index (κ1) is 34.6. The molecule has 5 nitrogen and oxygen atoms in total. The van der Waals surface area contributed by atoms with E-state index in [4.69, 9.17) is 0 Å². The molecule has 0 fully saturated rings. The third-order valence-electron chi connectivity index (χ3n) is 6.52. The van der Waals surface area contributed by atoms with Gasteiger partial charge in [0.15, 0.2) is 0 Å². The predicted molar refractivity (Wildman–Crippen MR) is 152 cm³/mol. The first-order valence-electron chi connectivity index (χ1n) is 14.4. The fourth-order valence-corrected chi connectivity index (χ4v) is 5.55. The van der Waals surface area contributed by atoms with Crippen molar-refractivity contribution in [1.29, 1.82) is 0 Å². The summed E-state index contributed by atoms with van der Waals surface area (Å²) in [6, 6.07) is 0. The van der Waals surface area contributed by atoms with Crippen LogP contribution >= 0.6 is 7.60 Å². The second-order valence-corrected chi connectivity index (χ2v) is 13.3. The number of allylic oxidation sites excluding steroid dienone is 4. The van der Waals surface area contributed by atoms with E-state index in [0.29, 0.717) is 10.9 Å². The van der Waals surface area contributed by atoms with Gasteiger partial charge in [0.2, 0.25) is 5.34 Å². The van der Waals surface area contributed by atoms with E-state index in [-0.39, 0.29) is 13.0 Å². The van der Waals surface area contributed by atoms with Crippen LogP contribution in [0.25, 0.3) is 0 Å². The minimum absolute atomic E-state index is 0.0558. The molecule has 208 valence electrons. The van der Waals surface area contributed by atoms with Gasteiger partial charge < -0.3 is 19.4 Å². The zero-order chi connectivity index (χ0) is 26.5. The number of likely N-dealkylation sites (N-methyl/N-ethyl adjacent to an activating group) is 1. The summed E-state index contributed by atoms with van der Waals surface area (Å²) in [6.07, 6.45) is 31.3. The van der Waals surface area contributed by atoms with Crippen molar-refractivity contribution in [1.82, 2.24) is 0 Å². The Kier molecular flexibility index (Phi) is 20.3. The molecule has 0 aliphatic carbocycles. The Morgan fingerprint density at radius 1 is 0.629 bits per heavy atom. The molecule has 0 saturated heterocycles. The molecule has 0 heterocycles. The van der Waals surface area contributed by atoms with Gasteiger partial charge in [-0.25, -0.2) is 0 Å². The molecular weight excluding hydrogens is 457 g/mol. The zero-order valence-electron chi connectivity index (χ0n) is 23.6. The summed E-state index contributed by atoms with van der Waals surface area (Å²) < 4.78 is 12.1. The molecule has 0 saturated carbocycles. The second-order valence-electron chi connectivity index (χ2n) is 11.4. The van der Waals surface area contributed by atoms with Crippen molar-refractivity contribution in [3.63, 3.8) is 0 Å². The smallest absolute Gasteiger partial charge is 0.362 e. The number of rotatable bonds is 24. The standard InChI is InChI=1S/C29H58NO4P/c1-5-6-7-8-9-10-11-12-13-14-15-16-17-18-19-20-21-22-23-24-25-26-27-29(31,35(32,33)34)28-30(2,3)4/h10-11,18-19,31H,5-9,12-17,20-28H2,1-4H3,(H-,32,33,34)/p+1/b11-10-,19-18-. The molecule has 1 unspecified atom stereocenters. The third-order valence-corrected chi connectivity index (χ3v) is 7.97. The molecule has 0 spiro atoms. The van der Waals surface area contributed by atoms with Crippen molar-refractivity contribution >= 4 is 7.60 Å². The van der Waals surface area contributed by atoms with Crippen LogP contribution < -0.4 is 0 Å². The van der Waals surface area contributed by atoms with Gasteiger partial charge in [-0.1, -0.05) is 89.0 Å². The lowest BCUT2D eigenvalue weighted by molar-refractivity contribution is -0.875. The van der Waals surface area contributed by atoms with Gasteiger partial charge in [0.1, 0.15) is 6.54 Å². The maximum absolute atomic E-state index is 11.8. The van der Waals surface area contributed by atoms with Crippen molar-refractivity contribution in [2.75, 3.05) is 27.7 Å². The molecule has 0 aliphatic heterocycles. The normalized spacial score (nSPS) is 14.8.